The van der Waals surface area contributed by atoms with E-state index < -0.39 is 0 Å². The maximum atomic E-state index is 3.82. The normalized spacial score (nSPS) is 15.7. The molecule has 0 saturated heterocycles. The van der Waals surface area contributed by atoms with Crippen molar-refractivity contribution in [3.8, 4) is 0 Å². The summed E-state index contributed by atoms with van der Waals surface area (Å²) in [7, 11) is 0. The van der Waals surface area contributed by atoms with E-state index in [0.717, 1.165) is 18.2 Å². The maximum Gasteiger partial charge on any atom is 0.0172 e. The summed E-state index contributed by atoms with van der Waals surface area (Å²) in [6.07, 6.45) is 5.53. The van der Waals surface area contributed by atoms with Gasteiger partial charge in [0.05, 0.1) is 0 Å². The Morgan fingerprint density at radius 2 is 2.00 bits per heavy atom. The van der Waals surface area contributed by atoms with Gasteiger partial charge >= 0.3 is 0 Å². The highest BCUT2D eigenvalue weighted by atomic mass is 14.9. The minimum Gasteiger partial charge on any atom is -0.389 e. The third kappa shape index (κ3) is 6.44. The molecule has 0 saturated carbocycles. The zero-order chi connectivity index (χ0) is 10.3. The molecule has 0 aromatic rings. The lowest BCUT2D eigenvalue weighted by molar-refractivity contribution is 0.381. The van der Waals surface area contributed by atoms with Gasteiger partial charge in [-0.05, 0) is 32.1 Å². The molecule has 0 rings (SSSR count). The van der Waals surface area contributed by atoms with Gasteiger partial charge in [-0.1, -0.05) is 32.6 Å². The summed E-state index contributed by atoms with van der Waals surface area (Å²) >= 11 is 0. The van der Waals surface area contributed by atoms with Crippen molar-refractivity contribution in [2.24, 2.45) is 11.8 Å². The van der Waals surface area contributed by atoms with Gasteiger partial charge in [-0.25, -0.2) is 0 Å². The van der Waals surface area contributed by atoms with Crippen LogP contribution in [0.5, 0.6) is 0 Å². The van der Waals surface area contributed by atoms with Crippen molar-refractivity contribution in [1.82, 2.24) is 5.32 Å². The highest BCUT2D eigenvalue weighted by molar-refractivity contribution is 4.86. The number of allylic oxidation sites excluding steroid dienone is 3. The summed E-state index contributed by atoms with van der Waals surface area (Å²) in [6, 6.07) is 0. The number of hydrogen-bond acceptors (Lipinski definition) is 1. The average molecular weight is 181 g/mol. The molecule has 0 heterocycles. The Morgan fingerprint density at radius 3 is 2.46 bits per heavy atom. The average Bonchev–Trinajstić information content (AvgIpc) is 2.10. The van der Waals surface area contributed by atoms with Crippen molar-refractivity contribution in [2.45, 2.75) is 34.1 Å². The van der Waals surface area contributed by atoms with Crippen LogP contribution in [0.15, 0.2) is 24.4 Å². The van der Waals surface area contributed by atoms with Gasteiger partial charge in [0.2, 0.25) is 0 Å². The van der Waals surface area contributed by atoms with Crippen LogP contribution in [0.1, 0.15) is 34.1 Å². The second-order valence-corrected chi connectivity index (χ2v) is 3.92. The fourth-order valence-corrected chi connectivity index (χ4v) is 1.12. The molecule has 0 aromatic heterocycles. The predicted molar refractivity (Wildman–Crippen MR) is 60.6 cm³/mol. The second kappa shape index (κ2) is 6.76. The Kier molecular flexibility index (Phi) is 6.38. The molecule has 0 radical (unpaired) electrons. The molecule has 2 atom stereocenters. The largest absolute Gasteiger partial charge is 0.389 e. The van der Waals surface area contributed by atoms with Crippen molar-refractivity contribution in [3.05, 3.63) is 24.4 Å². The standard InChI is InChI=1S/C12H23N/c1-6-7-8-11(4)12(5)9-13-10(2)3/h6-7,11-13H,2,8-9H2,1,3-5H3/b7-6-. The SMILES string of the molecule is C=C(C)NCC(C)C(C)C/C=C\C. The van der Waals surface area contributed by atoms with Gasteiger partial charge in [0.25, 0.3) is 0 Å². The highest BCUT2D eigenvalue weighted by Gasteiger charge is 2.09. The first-order chi connectivity index (χ1) is 6.07. The minimum atomic E-state index is 0.702. The van der Waals surface area contributed by atoms with Crippen LogP contribution >= 0.6 is 0 Å². The van der Waals surface area contributed by atoms with E-state index in [4.69, 9.17) is 0 Å². The summed E-state index contributed by atoms with van der Waals surface area (Å²) < 4.78 is 0. The predicted octanol–water partition coefficient (Wildman–Crippen LogP) is 3.35. The lowest BCUT2D eigenvalue weighted by atomic mass is 9.92. The molecule has 76 valence electrons. The first-order valence-corrected chi connectivity index (χ1v) is 5.08. The van der Waals surface area contributed by atoms with E-state index in [9.17, 15) is 0 Å². The molecule has 0 aliphatic heterocycles. The Hall–Kier alpha value is -0.720. The summed E-state index contributed by atoms with van der Waals surface area (Å²) in [5, 5.41) is 3.28. The first kappa shape index (κ1) is 12.3. The van der Waals surface area contributed by atoms with E-state index in [1.54, 1.807) is 0 Å². The Labute approximate surface area is 82.9 Å². The fraction of sp³-hybridized carbons (Fsp3) is 0.667. The van der Waals surface area contributed by atoms with E-state index in [1.165, 1.54) is 6.42 Å². The Bertz CT molecular complexity index is 170. The molecule has 0 spiro atoms. The molecule has 1 nitrogen and oxygen atoms in total. The fourth-order valence-electron chi connectivity index (χ4n) is 1.12. The third-order valence-corrected chi connectivity index (χ3v) is 2.44. The molecular weight excluding hydrogens is 158 g/mol. The Balaban J connectivity index is 3.68. The molecular formula is C12H23N. The van der Waals surface area contributed by atoms with Crippen molar-refractivity contribution in [3.63, 3.8) is 0 Å². The van der Waals surface area contributed by atoms with Gasteiger partial charge in [-0.15, -0.1) is 0 Å². The lowest BCUT2D eigenvalue weighted by Crippen LogP contribution is -2.23. The van der Waals surface area contributed by atoms with E-state index in [-0.39, 0.29) is 0 Å². The zero-order valence-corrected chi connectivity index (χ0v) is 9.43. The van der Waals surface area contributed by atoms with Crippen LogP contribution in [0.4, 0.5) is 0 Å². The number of hydrogen-bond donors (Lipinski definition) is 1. The molecule has 0 amide bonds. The van der Waals surface area contributed by atoms with Gasteiger partial charge < -0.3 is 5.32 Å². The van der Waals surface area contributed by atoms with Gasteiger partial charge in [0.1, 0.15) is 0 Å². The minimum absolute atomic E-state index is 0.702. The van der Waals surface area contributed by atoms with Gasteiger partial charge in [-0.3, -0.25) is 0 Å². The topological polar surface area (TPSA) is 12.0 Å². The van der Waals surface area contributed by atoms with Crippen molar-refractivity contribution in [1.29, 1.82) is 0 Å². The molecule has 0 aliphatic carbocycles. The van der Waals surface area contributed by atoms with Crippen LogP contribution in [-0.2, 0) is 0 Å². The molecule has 2 unspecified atom stereocenters. The Morgan fingerprint density at radius 1 is 1.38 bits per heavy atom. The quantitative estimate of drug-likeness (QED) is 0.620. The molecule has 0 aromatic carbocycles. The third-order valence-electron chi connectivity index (χ3n) is 2.44. The number of rotatable bonds is 6. The molecule has 0 aliphatic rings. The van der Waals surface area contributed by atoms with Crippen molar-refractivity contribution in [2.75, 3.05) is 6.54 Å². The summed E-state index contributed by atoms with van der Waals surface area (Å²) in [6.45, 7) is 13.5. The first-order valence-electron chi connectivity index (χ1n) is 5.08. The van der Waals surface area contributed by atoms with Gasteiger partial charge in [0.15, 0.2) is 0 Å². The second-order valence-electron chi connectivity index (χ2n) is 3.92. The van der Waals surface area contributed by atoms with E-state index in [2.05, 4.69) is 44.8 Å². The van der Waals surface area contributed by atoms with E-state index >= 15 is 0 Å². The molecule has 1 heteroatoms. The zero-order valence-electron chi connectivity index (χ0n) is 9.43. The van der Waals surface area contributed by atoms with Crippen LogP contribution < -0.4 is 5.32 Å². The molecule has 1 N–H and O–H groups in total. The summed E-state index contributed by atoms with van der Waals surface area (Å²) in [5.74, 6) is 1.44. The number of nitrogens with one attached hydrogen (secondary N) is 1. The molecule has 13 heavy (non-hydrogen) atoms. The summed E-state index contributed by atoms with van der Waals surface area (Å²) in [5.41, 5.74) is 1.06. The highest BCUT2D eigenvalue weighted by Crippen LogP contribution is 2.14. The van der Waals surface area contributed by atoms with Gasteiger partial charge in [-0.2, -0.15) is 0 Å². The van der Waals surface area contributed by atoms with Crippen LogP contribution in [0.3, 0.4) is 0 Å². The van der Waals surface area contributed by atoms with E-state index in [1.807, 2.05) is 6.92 Å². The lowest BCUT2D eigenvalue weighted by Gasteiger charge is -2.19. The van der Waals surface area contributed by atoms with Crippen LogP contribution in [0.2, 0.25) is 0 Å². The summed E-state index contributed by atoms with van der Waals surface area (Å²) in [4.78, 5) is 0. The van der Waals surface area contributed by atoms with E-state index in [0.29, 0.717) is 5.92 Å². The van der Waals surface area contributed by atoms with Crippen LogP contribution in [-0.4, -0.2) is 6.54 Å². The van der Waals surface area contributed by atoms with Crippen LogP contribution in [0, 0.1) is 11.8 Å². The molecule has 0 bridgehead atoms. The van der Waals surface area contributed by atoms with Crippen molar-refractivity contribution >= 4 is 0 Å². The van der Waals surface area contributed by atoms with Gasteiger partial charge in [0, 0.05) is 12.2 Å². The van der Waals surface area contributed by atoms with Crippen molar-refractivity contribution < 1.29 is 0 Å². The van der Waals surface area contributed by atoms with Crippen LogP contribution in [0.25, 0.3) is 0 Å². The molecule has 0 fully saturated rings. The smallest absolute Gasteiger partial charge is 0.0172 e. The monoisotopic (exact) mass is 181 g/mol. The maximum absolute atomic E-state index is 3.82.